The number of Topliss-reactive ketones (excluding diaryl/α,β-unsaturated/α-hetero) is 1. The van der Waals surface area contributed by atoms with Gasteiger partial charge in [0.05, 0.1) is 11.6 Å². The van der Waals surface area contributed by atoms with E-state index in [9.17, 15) is 9.59 Å². The molecule has 0 bridgehead atoms. The number of hydrogen-bond donors (Lipinski definition) is 2. The first kappa shape index (κ1) is 17.1. The maximum atomic E-state index is 12.8. The smallest absolute Gasteiger partial charge is 0.327 e. The Morgan fingerprint density at radius 1 is 1.26 bits per heavy atom. The lowest BCUT2D eigenvalue weighted by Crippen LogP contribution is -2.30. The standard InChI is InChI=1S/C21H21N3O3/c1-11-9-15(17(12(2)22)13(3)25)20-19-18(11)23-21(26)24(19)16(10-27-20)14-7-5-4-6-8-14/h4-9,16H,10,22H2,1-3H3,(H,23,26). The van der Waals surface area contributed by atoms with Crippen molar-refractivity contribution in [3.63, 3.8) is 0 Å². The number of imidazole rings is 1. The van der Waals surface area contributed by atoms with Gasteiger partial charge in [-0.15, -0.1) is 0 Å². The molecule has 3 N–H and O–H groups in total. The van der Waals surface area contributed by atoms with E-state index in [1.807, 2.05) is 43.3 Å². The molecule has 3 aromatic rings. The number of ketones is 1. The maximum Gasteiger partial charge on any atom is 0.327 e. The van der Waals surface area contributed by atoms with Gasteiger partial charge >= 0.3 is 5.69 Å². The third kappa shape index (κ3) is 2.56. The van der Waals surface area contributed by atoms with Crippen LogP contribution < -0.4 is 16.2 Å². The number of rotatable bonds is 3. The molecule has 2 aromatic carbocycles. The number of ether oxygens (including phenoxy) is 1. The van der Waals surface area contributed by atoms with Gasteiger partial charge in [-0.3, -0.25) is 9.36 Å². The Balaban J connectivity index is 2.07. The van der Waals surface area contributed by atoms with Crippen LogP contribution in [0.2, 0.25) is 0 Å². The van der Waals surface area contributed by atoms with E-state index in [2.05, 4.69) is 4.98 Å². The zero-order chi connectivity index (χ0) is 19.3. The summed E-state index contributed by atoms with van der Waals surface area (Å²) in [6, 6.07) is 11.4. The summed E-state index contributed by atoms with van der Waals surface area (Å²) in [5.41, 5.74) is 10.5. The summed E-state index contributed by atoms with van der Waals surface area (Å²) >= 11 is 0. The Morgan fingerprint density at radius 3 is 2.59 bits per heavy atom. The van der Waals surface area contributed by atoms with Crippen LogP contribution in [0.4, 0.5) is 0 Å². The van der Waals surface area contributed by atoms with Crippen LogP contribution in [-0.2, 0) is 4.79 Å². The Kier molecular flexibility index (Phi) is 3.91. The van der Waals surface area contributed by atoms with Crippen molar-refractivity contribution in [2.24, 2.45) is 5.73 Å². The molecule has 27 heavy (non-hydrogen) atoms. The van der Waals surface area contributed by atoms with Gasteiger partial charge < -0.3 is 15.5 Å². The second kappa shape index (κ2) is 6.16. The Bertz CT molecular complexity index is 1150. The van der Waals surface area contributed by atoms with Gasteiger partial charge in [0.25, 0.3) is 0 Å². The van der Waals surface area contributed by atoms with E-state index in [0.29, 0.717) is 34.7 Å². The van der Waals surface area contributed by atoms with Crippen LogP contribution in [0.25, 0.3) is 16.6 Å². The average molecular weight is 363 g/mol. The van der Waals surface area contributed by atoms with Gasteiger partial charge in [-0.1, -0.05) is 30.3 Å². The zero-order valence-electron chi connectivity index (χ0n) is 15.5. The van der Waals surface area contributed by atoms with Crippen molar-refractivity contribution in [1.29, 1.82) is 0 Å². The molecule has 1 unspecified atom stereocenters. The van der Waals surface area contributed by atoms with Gasteiger partial charge in [-0.2, -0.15) is 0 Å². The minimum atomic E-state index is -0.238. The summed E-state index contributed by atoms with van der Waals surface area (Å²) in [5, 5.41) is 0. The normalized spacial score (nSPS) is 16.8. The summed E-state index contributed by atoms with van der Waals surface area (Å²) < 4.78 is 7.85. The minimum absolute atomic E-state index is 0.136. The van der Waals surface area contributed by atoms with Crippen LogP contribution in [0, 0.1) is 6.92 Å². The first-order chi connectivity index (χ1) is 12.9. The van der Waals surface area contributed by atoms with Crippen molar-refractivity contribution < 1.29 is 9.53 Å². The van der Waals surface area contributed by atoms with Gasteiger partial charge in [0.15, 0.2) is 11.5 Å². The van der Waals surface area contributed by atoms with Gasteiger partial charge in [0, 0.05) is 16.8 Å². The summed E-state index contributed by atoms with van der Waals surface area (Å²) in [7, 11) is 0. The van der Waals surface area contributed by atoms with Crippen molar-refractivity contribution in [3.8, 4) is 5.75 Å². The zero-order valence-corrected chi connectivity index (χ0v) is 15.5. The molecule has 6 nitrogen and oxygen atoms in total. The molecule has 0 spiro atoms. The molecule has 2 heterocycles. The lowest BCUT2D eigenvalue weighted by molar-refractivity contribution is -0.111. The first-order valence-corrected chi connectivity index (χ1v) is 8.83. The van der Waals surface area contributed by atoms with Crippen LogP contribution >= 0.6 is 0 Å². The van der Waals surface area contributed by atoms with E-state index in [-0.39, 0.29) is 17.5 Å². The van der Waals surface area contributed by atoms with E-state index in [1.165, 1.54) is 6.92 Å². The molecule has 0 radical (unpaired) electrons. The number of allylic oxidation sites excluding steroid dienone is 2. The lowest BCUT2D eigenvalue weighted by atomic mass is 9.95. The van der Waals surface area contributed by atoms with Crippen molar-refractivity contribution in [3.05, 3.63) is 69.3 Å². The molecule has 0 saturated heterocycles. The molecule has 0 aliphatic carbocycles. The van der Waals surface area contributed by atoms with Crippen molar-refractivity contribution in [1.82, 2.24) is 9.55 Å². The molecule has 0 amide bonds. The first-order valence-electron chi connectivity index (χ1n) is 8.83. The second-order valence-corrected chi connectivity index (χ2v) is 6.95. The molecule has 4 rings (SSSR count). The largest absolute Gasteiger partial charge is 0.488 e. The van der Waals surface area contributed by atoms with Crippen molar-refractivity contribution >= 4 is 22.4 Å². The van der Waals surface area contributed by atoms with Crippen molar-refractivity contribution in [2.45, 2.75) is 26.8 Å². The SMILES string of the molecule is CC(=O)C(=C(C)N)c1cc(C)c2[nH]c(=O)n3c2c1OCC3c1ccccc1. The van der Waals surface area contributed by atoms with Crippen LogP contribution in [0.1, 0.15) is 36.6 Å². The molecule has 138 valence electrons. The topological polar surface area (TPSA) is 90.1 Å². The quantitative estimate of drug-likeness (QED) is 0.700. The number of H-pyrrole nitrogens is 1. The van der Waals surface area contributed by atoms with Gasteiger partial charge in [-0.05, 0) is 38.0 Å². The molecule has 1 atom stereocenters. The monoisotopic (exact) mass is 363 g/mol. The Hall–Kier alpha value is -3.28. The highest BCUT2D eigenvalue weighted by atomic mass is 16.5. The molecule has 0 saturated carbocycles. The molecule has 6 heteroatoms. The lowest BCUT2D eigenvalue weighted by Gasteiger charge is -2.27. The number of hydrogen-bond acceptors (Lipinski definition) is 4. The van der Waals surface area contributed by atoms with E-state index < -0.39 is 0 Å². The molecular weight excluding hydrogens is 342 g/mol. The highest BCUT2D eigenvalue weighted by Gasteiger charge is 2.31. The highest BCUT2D eigenvalue weighted by molar-refractivity contribution is 6.22. The highest BCUT2D eigenvalue weighted by Crippen LogP contribution is 2.41. The number of carbonyl (C=O) groups excluding carboxylic acids is 1. The van der Waals surface area contributed by atoms with Gasteiger partial charge in [0.2, 0.25) is 0 Å². The summed E-state index contributed by atoms with van der Waals surface area (Å²) in [6.45, 7) is 5.38. The maximum absolute atomic E-state index is 12.8. The number of nitrogens with one attached hydrogen (secondary N) is 1. The van der Waals surface area contributed by atoms with E-state index in [0.717, 1.165) is 16.6 Å². The minimum Gasteiger partial charge on any atom is -0.488 e. The fourth-order valence-corrected chi connectivity index (χ4v) is 3.90. The van der Waals surface area contributed by atoms with E-state index >= 15 is 0 Å². The van der Waals surface area contributed by atoms with E-state index in [4.69, 9.17) is 10.5 Å². The van der Waals surface area contributed by atoms with Gasteiger partial charge in [-0.25, -0.2) is 4.79 Å². The third-order valence-corrected chi connectivity index (χ3v) is 5.04. The summed E-state index contributed by atoms with van der Waals surface area (Å²) in [6.07, 6.45) is 0. The second-order valence-electron chi connectivity index (χ2n) is 6.95. The number of benzene rings is 2. The number of aromatic nitrogens is 2. The fraction of sp³-hybridized carbons (Fsp3) is 0.238. The van der Waals surface area contributed by atoms with Crippen LogP contribution in [0.3, 0.4) is 0 Å². The van der Waals surface area contributed by atoms with Crippen LogP contribution in [-0.4, -0.2) is 21.9 Å². The third-order valence-electron chi connectivity index (χ3n) is 5.04. The number of nitrogens with two attached hydrogens (primary N) is 1. The van der Waals surface area contributed by atoms with Crippen LogP contribution in [0.5, 0.6) is 5.75 Å². The Morgan fingerprint density at radius 2 is 1.96 bits per heavy atom. The average Bonchev–Trinajstić information content (AvgIpc) is 2.98. The molecular formula is C21H21N3O3. The van der Waals surface area contributed by atoms with Crippen LogP contribution in [0.15, 0.2) is 46.9 Å². The van der Waals surface area contributed by atoms with Crippen molar-refractivity contribution in [2.75, 3.05) is 6.61 Å². The van der Waals surface area contributed by atoms with Gasteiger partial charge in [0.1, 0.15) is 12.1 Å². The molecule has 1 aliphatic rings. The molecule has 1 aliphatic heterocycles. The Labute approximate surface area is 156 Å². The van der Waals surface area contributed by atoms with E-state index in [1.54, 1.807) is 11.5 Å². The number of nitrogens with zero attached hydrogens (tertiary/aromatic N) is 1. The number of aromatic amines is 1. The number of aryl methyl sites for hydroxylation is 1. The summed E-state index contributed by atoms with van der Waals surface area (Å²) in [4.78, 5) is 28.0. The predicted molar refractivity (Wildman–Crippen MR) is 105 cm³/mol. The molecule has 0 fully saturated rings. The number of carbonyl (C=O) groups is 1. The fourth-order valence-electron chi connectivity index (χ4n) is 3.90. The molecule has 1 aromatic heterocycles. The summed E-state index contributed by atoms with van der Waals surface area (Å²) in [5.74, 6) is 0.388. The predicted octanol–water partition coefficient (Wildman–Crippen LogP) is 2.90.